The molecule has 3 rings (SSSR count). The van der Waals surface area contributed by atoms with Crippen LogP contribution in [-0.2, 0) is 15.8 Å². The third-order valence-corrected chi connectivity index (χ3v) is 8.45. The van der Waals surface area contributed by atoms with Crippen molar-refractivity contribution >= 4 is 48.8 Å². The number of benzene rings is 2. The number of rotatable bonds is 7. The molecular weight excluding hydrogens is 486 g/mol. The predicted molar refractivity (Wildman–Crippen MR) is 125 cm³/mol. The number of hydrogen-bond acceptors (Lipinski definition) is 5. The van der Waals surface area contributed by atoms with Crippen LogP contribution < -0.4 is 0 Å². The Hall–Kier alpha value is -1.68. The number of aliphatic imine (C=N–C) groups is 1. The van der Waals surface area contributed by atoms with Crippen molar-refractivity contribution in [3.8, 4) is 0 Å². The van der Waals surface area contributed by atoms with Gasteiger partial charge in [0, 0.05) is 35.4 Å². The van der Waals surface area contributed by atoms with Crippen LogP contribution in [0.15, 0.2) is 62.9 Å². The van der Waals surface area contributed by atoms with Gasteiger partial charge in [-0.2, -0.15) is 4.31 Å². The van der Waals surface area contributed by atoms with Crippen molar-refractivity contribution in [1.29, 1.82) is 0 Å². The molecule has 0 unspecified atom stereocenters. The molecule has 0 N–H and O–H groups in total. The first-order chi connectivity index (χ1) is 14.4. The van der Waals surface area contributed by atoms with Crippen LogP contribution in [0.1, 0.15) is 29.8 Å². The van der Waals surface area contributed by atoms with Crippen molar-refractivity contribution in [2.75, 3.05) is 26.2 Å². The molecule has 0 atom stereocenters. The highest BCUT2D eigenvalue weighted by molar-refractivity contribution is 9.10. The Balaban J connectivity index is 1.69. The summed E-state index contributed by atoms with van der Waals surface area (Å²) in [6.07, 6.45) is 0. The van der Waals surface area contributed by atoms with Crippen molar-refractivity contribution in [2.45, 2.75) is 24.5 Å². The van der Waals surface area contributed by atoms with Crippen LogP contribution in [0.5, 0.6) is 0 Å². The Kier molecular flexibility index (Phi) is 7.73. The van der Waals surface area contributed by atoms with Crippen molar-refractivity contribution in [2.24, 2.45) is 4.99 Å². The minimum absolute atomic E-state index is 0.165. The molecular formula is C21H24BrN3O3S2. The Bertz CT molecular complexity index is 1020. The van der Waals surface area contributed by atoms with Crippen molar-refractivity contribution < 1.29 is 13.2 Å². The summed E-state index contributed by atoms with van der Waals surface area (Å²) in [6.45, 7) is 5.52. The third-order valence-electron chi connectivity index (χ3n) is 4.77. The molecule has 0 spiro atoms. The van der Waals surface area contributed by atoms with Gasteiger partial charge in [0.05, 0.1) is 11.4 Å². The summed E-state index contributed by atoms with van der Waals surface area (Å²) >= 11 is 4.96. The third kappa shape index (κ3) is 5.14. The molecule has 0 radical (unpaired) electrons. The van der Waals surface area contributed by atoms with Gasteiger partial charge < -0.3 is 0 Å². The summed E-state index contributed by atoms with van der Waals surface area (Å²) in [6, 6.07) is 14.2. The van der Waals surface area contributed by atoms with Gasteiger partial charge >= 0.3 is 0 Å². The minimum atomic E-state index is -3.54. The number of nitrogens with zero attached hydrogens (tertiary/aromatic N) is 3. The second-order valence-electron chi connectivity index (χ2n) is 6.65. The van der Waals surface area contributed by atoms with E-state index in [4.69, 9.17) is 0 Å². The van der Waals surface area contributed by atoms with Crippen LogP contribution in [0.25, 0.3) is 0 Å². The van der Waals surface area contributed by atoms with E-state index in [0.717, 1.165) is 15.8 Å². The van der Waals surface area contributed by atoms with E-state index in [2.05, 4.69) is 20.9 Å². The lowest BCUT2D eigenvalue weighted by Gasteiger charge is -2.20. The van der Waals surface area contributed by atoms with Crippen LogP contribution in [0.3, 0.4) is 0 Å². The Morgan fingerprint density at radius 1 is 1.10 bits per heavy atom. The van der Waals surface area contributed by atoms with Gasteiger partial charge in [-0.25, -0.2) is 8.42 Å². The number of thioether (sulfide) groups is 1. The number of carbonyl (C=O) groups excluding carboxylic acids is 1. The maximum Gasteiger partial charge on any atom is 0.259 e. The quantitative estimate of drug-likeness (QED) is 0.559. The molecule has 9 heteroatoms. The second-order valence-corrected chi connectivity index (χ2v) is 10.4. The molecule has 2 aromatic carbocycles. The first-order valence-electron chi connectivity index (χ1n) is 9.70. The highest BCUT2D eigenvalue weighted by atomic mass is 79.9. The maximum atomic E-state index is 13.0. The molecule has 0 fully saturated rings. The Morgan fingerprint density at radius 3 is 2.33 bits per heavy atom. The van der Waals surface area contributed by atoms with Gasteiger partial charge in [0.2, 0.25) is 10.0 Å². The maximum absolute atomic E-state index is 13.0. The van der Waals surface area contributed by atoms with Crippen LogP contribution in [0, 0.1) is 0 Å². The van der Waals surface area contributed by atoms with E-state index in [1.165, 1.54) is 28.2 Å². The van der Waals surface area contributed by atoms with Crippen molar-refractivity contribution in [1.82, 2.24) is 9.21 Å². The fourth-order valence-corrected chi connectivity index (χ4v) is 5.83. The van der Waals surface area contributed by atoms with Crippen molar-refractivity contribution in [3.05, 3.63) is 64.1 Å². The Labute approximate surface area is 190 Å². The predicted octanol–water partition coefficient (Wildman–Crippen LogP) is 4.22. The summed E-state index contributed by atoms with van der Waals surface area (Å²) < 4.78 is 27.7. The molecule has 2 aromatic rings. The zero-order chi connectivity index (χ0) is 21.7. The minimum Gasteiger partial charge on any atom is -0.286 e. The standard InChI is InChI=1S/C21H24BrN3O3S2/c1-3-24(4-2)30(27,28)19-11-7-17(8-12-19)20(26)25-14-13-23-21(25)29-15-16-5-9-18(22)10-6-16/h5-12H,3-4,13-15H2,1-2H3. The number of sulfonamides is 1. The zero-order valence-corrected chi connectivity index (χ0v) is 20.1. The number of hydrogen-bond donors (Lipinski definition) is 0. The van der Waals surface area contributed by atoms with Gasteiger partial charge in [-0.15, -0.1) is 0 Å². The summed E-state index contributed by atoms with van der Waals surface area (Å²) in [5.41, 5.74) is 1.60. The molecule has 6 nitrogen and oxygen atoms in total. The van der Waals surface area contributed by atoms with Gasteiger partial charge in [-0.3, -0.25) is 14.7 Å². The lowest BCUT2D eigenvalue weighted by Crippen LogP contribution is -2.33. The molecule has 160 valence electrons. The van der Waals surface area contributed by atoms with Crippen LogP contribution in [-0.4, -0.2) is 54.9 Å². The van der Waals surface area contributed by atoms with E-state index < -0.39 is 10.0 Å². The van der Waals surface area contributed by atoms with E-state index in [9.17, 15) is 13.2 Å². The van der Waals surface area contributed by atoms with E-state index in [1.54, 1.807) is 30.9 Å². The van der Waals surface area contributed by atoms with E-state index >= 15 is 0 Å². The second kappa shape index (κ2) is 10.1. The first-order valence-corrected chi connectivity index (χ1v) is 12.9. The van der Waals surface area contributed by atoms with Crippen LogP contribution in [0.4, 0.5) is 0 Å². The smallest absolute Gasteiger partial charge is 0.259 e. The van der Waals surface area contributed by atoms with Crippen LogP contribution >= 0.6 is 27.7 Å². The molecule has 1 aliphatic rings. The van der Waals surface area contributed by atoms with Gasteiger partial charge in [-0.05, 0) is 42.0 Å². The lowest BCUT2D eigenvalue weighted by molar-refractivity contribution is 0.0860. The lowest BCUT2D eigenvalue weighted by atomic mass is 10.2. The highest BCUT2D eigenvalue weighted by Crippen LogP contribution is 2.23. The summed E-state index contributed by atoms with van der Waals surface area (Å²) in [4.78, 5) is 19.3. The van der Waals surface area contributed by atoms with Gasteiger partial charge in [0.25, 0.3) is 5.91 Å². The largest absolute Gasteiger partial charge is 0.286 e. The van der Waals surface area contributed by atoms with Gasteiger partial charge in [-0.1, -0.05) is 53.7 Å². The first kappa shape index (κ1) is 23.0. The average molecular weight is 510 g/mol. The molecule has 0 aromatic heterocycles. The summed E-state index contributed by atoms with van der Waals surface area (Å²) in [5, 5.41) is 0.697. The highest BCUT2D eigenvalue weighted by Gasteiger charge is 2.26. The molecule has 1 heterocycles. The molecule has 1 aliphatic heterocycles. The fourth-order valence-electron chi connectivity index (χ4n) is 3.11. The average Bonchev–Trinajstić information content (AvgIpc) is 3.22. The van der Waals surface area contributed by atoms with Gasteiger partial charge in [0.15, 0.2) is 5.17 Å². The summed E-state index contributed by atoms with van der Waals surface area (Å²) in [5.74, 6) is 0.554. The topological polar surface area (TPSA) is 70.1 Å². The Morgan fingerprint density at radius 2 is 1.73 bits per heavy atom. The molecule has 0 saturated carbocycles. The molecule has 0 bridgehead atoms. The number of halogens is 1. The number of carbonyl (C=O) groups is 1. The van der Waals surface area contributed by atoms with Gasteiger partial charge in [0.1, 0.15) is 0 Å². The molecule has 1 amide bonds. The van der Waals surface area contributed by atoms with E-state index in [1.807, 2.05) is 24.3 Å². The van der Waals surface area contributed by atoms with Crippen molar-refractivity contribution in [3.63, 3.8) is 0 Å². The normalized spacial score (nSPS) is 14.3. The monoisotopic (exact) mass is 509 g/mol. The zero-order valence-electron chi connectivity index (χ0n) is 16.9. The molecule has 0 aliphatic carbocycles. The van der Waals surface area contributed by atoms with E-state index in [0.29, 0.717) is 36.9 Å². The van der Waals surface area contributed by atoms with Crippen LogP contribution in [0.2, 0.25) is 0 Å². The molecule has 0 saturated heterocycles. The molecule has 30 heavy (non-hydrogen) atoms. The SMILES string of the molecule is CCN(CC)S(=O)(=O)c1ccc(C(=O)N2CCN=C2SCc2ccc(Br)cc2)cc1. The number of amidine groups is 1. The number of amides is 1. The van der Waals surface area contributed by atoms with E-state index in [-0.39, 0.29) is 10.8 Å². The summed E-state index contributed by atoms with van der Waals surface area (Å²) in [7, 11) is -3.54. The fraction of sp³-hybridized carbons (Fsp3) is 0.333.